The minimum absolute atomic E-state index is 0.240. The fraction of sp³-hybridized carbons (Fsp3) is 0.0698. The maximum absolute atomic E-state index is 5.34. The van der Waals surface area contributed by atoms with E-state index in [0.717, 1.165) is 56.4 Å². The highest BCUT2D eigenvalue weighted by Crippen LogP contribution is 2.49. The minimum atomic E-state index is 0.240. The summed E-state index contributed by atoms with van der Waals surface area (Å²) in [5, 5.41) is 1.05. The van der Waals surface area contributed by atoms with E-state index in [1.54, 1.807) is 0 Å². The topological polar surface area (TPSA) is 30.2 Å². The lowest BCUT2D eigenvalue weighted by atomic mass is 9.66. The number of hydrogen-bond acceptors (Lipinski definition) is 2. The molecule has 218 valence electrons. The molecule has 0 fully saturated rings. The summed E-state index contributed by atoms with van der Waals surface area (Å²) >= 11 is 0. The third-order valence-electron chi connectivity index (χ3n) is 9.59. The molecule has 1 unspecified atom stereocenters. The van der Waals surface area contributed by atoms with Crippen LogP contribution in [0.2, 0.25) is 0 Å². The van der Waals surface area contributed by atoms with E-state index in [2.05, 4.69) is 139 Å². The van der Waals surface area contributed by atoms with Crippen molar-refractivity contribution >= 4 is 38.7 Å². The molecule has 3 heterocycles. The maximum atomic E-state index is 5.34. The number of fused-ring (bicyclic) bond motifs is 5. The molecule has 9 rings (SSSR count). The summed E-state index contributed by atoms with van der Waals surface area (Å²) in [6.07, 6.45) is 25.8. The molecular formula is C43H31N3. The van der Waals surface area contributed by atoms with Crippen LogP contribution in [-0.4, -0.2) is 14.4 Å². The van der Waals surface area contributed by atoms with Crippen LogP contribution in [0, 0.1) is 5.92 Å². The third kappa shape index (κ3) is 4.13. The summed E-state index contributed by atoms with van der Waals surface area (Å²) in [4.78, 5) is 10.5. The first-order chi connectivity index (χ1) is 22.6. The molecule has 2 aromatic carbocycles. The molecule has 4 aliphatic carbocycles. The molecule has 0 saturated carbocycles. The quantitative estimate of drug-likeness (QED) is 0.191. The van der Waals surface area contributed by atoms with Gasteiger partial charge in [-0.3, -0.25) is 4.40 Å². The summed E-state index contributed by atoms with van der Waals surface area (Å²) < 4.78 is 2.16. The van der Waals surface area contributed by atoms with E-state index < -0.39 is 0 Å². The maximum Gasteiger partial charge on any atom is 0.137 e. The lowest BCUT2D eigenvalue weighted by Gasteiger charge is -2.37. The van der Waals surface area contributed by atoms with Crippen molar-refractivity contribution in [2.24, 2.45) is 5.92 Å². The van der Waals surface area contributed by atoms with Crippen LogP contribution in [0.5, 0.6) is 0 Å². The first kappa shape index (κ1) is 26.6. The van der Waals surface area contributed by atoms with E-state index >= 15 is 0 Å². The van der Waals surface area contributed by atoms with Gasteiger partial charge < -0.3 is 0 Å². The van der Waals surface area contributed by atoms with Crippen molar-refractivity contribution in [2.45, 2.75) is 13.3 Å². The predicted octanol–water partition coefficient (Wildman–Crippen LogP) is 10.3. The highest BCUT2D eigenvalue weighted by molar-refractivity contribution is 6.08. The Bertz CT molecular complexity index is 2450. The van der Waals surface area contributed by atoms with Gasteiger partial charge in [0.15, 0.2) is 0 Å². The van der Waals surface area contributed by atoms with Gasteiger partial charge in [0.2, 0.25) is 0 Å². The van der Waals surface area contributed by atoms with Crippen molar-refractivity contribution in [2.75, 3.05) is 0 Å². The molecular weight excluding hydrogens is 558 g/mol. The molecule has 3 heteroatoms. The van der Waals surface area contributed by atoms with Crippen molar-refractivity contribution < 1.29 is 0 Å². The van der Waals surface area contributed by atoms with Gasteiger partial charge in [-0.05, 0) is 93.8 Å². The van der Waals surface area contributed by atoms with Gasteiger partial charge in [0.25, 0.3) is 0 Å². The van der Waals surface area contributed by atoms with E-state index in [1.807, 2.05) is 12.1 Å². The Hall–Kier alpha value is -5.80. The van der Waals surface area contributed by atoms with Gasteiger partial charge in [-0.1, -0.05) is 110 Å². The second-order valence-electron chi connectivity index (χ2n) is 12.3. The summed E-state index contributed by atoms with van der Waals surface area (Å²) in [6, 6.07) is 25.0. The smallest absolute Gasteiger partial charge is 0.137 e. The van der Waals surface area contributed by atoms with Crippen molar-refractivity contribution in [3.8, 4) is 0 Å². The number of allylic oxidation sites excluding steroid dienone is 19. The lowest BCUT2D eigenvalue weighted by molar-refractivity contribution is 0.820. The molecule has 0 N–H and O–H groups in total. The molecule has 5 aromatic rings. The lowest BCUT2D eigenvalue weighted by Crippen LogP contribution is -2.23. The van der Waals surface area contributed by atoms with Gasteiger partial charge >= 0.3 is 0 Å². The highest BCUT2D eigenvalue weighted by Gasteiger charge is 2.35. The summed E-state index contributed by atoms with van der Waals surface area (Å²) in [5.74, 6) is 0.240. The number of rotatable bonds is 5. The van der Waals surface area contributed by atoms with Crippen LogP contribution >= 0.6 is 0 Å². The van der Waals surface area contributed by atoms with Crippen LogP contribution < -0.4 is 0 Å². The van der Waals surface area contributed by atoms with Gasteiger partial charge in [-0.15, -0.1) is 0 Å². The fourth-order valence-electron chi connectivity index (χ4n) is 7.41. The Morgan fingerprint density at radius 1 is 0.848 bits per heavy atom. The molecule has 0 spiro atoms. The van der Waals surface area contributed by atoms with Crippen LogP contribution in [0.4, 0.5) is 0 Å². The minimum Gasteiger partial charge on any atom is -0.298 e. The highest BCUT2D eigenvalue weighted by atomic mass is 15.0. The van der Waals surface area contributed by atoms with E-state index in [9.17, 15) is 0 Å². The average Bonchev–Trinajstić information content (AvgIpc) is 3.50. The van der Waals surface area contributed by atoms with Gasteiger partial charge in [0.05, 0.1) is 16.7 Å². The Labute approximate surface area is 268 Å². The number of hydrogen-bond donors (Lipinski definition) is 0. The normalized spacial score (nSPS) is 18.8. The molecule has 0 amide bonds. The molecule has 1 atom stereocenters. The zero-order valence-corrected chi connectivity index (χ0v) is 25.6. The number of pyridine rings is 2. The number of imidazole rings is 1. The van der Waals surface area contributed by atoms with Crippen molar-refractivity contribution in [1.29, 1.82) is 0 Å². The van der Waals surface area contributed by atoms with Crippen LogP contribution in [-0.2, 0) is 0 Å². The average molecular weight is 590 g/mol. The zero-order chi connectivity index (χ0) is 30.8. The van der Waals surface area contributed by atoms with Crippen LogP contribution in [0.25, 0.3) is 38.7 Å². The molecule has 0 aliphatic heterocycles. The second kappa shape index (κ2) is 10.4. The fourth-order valence-corrected chi connectivity index (χ4v) is 7.41. The summed E-state index contributed by atoms with van der Waals surface area (Å²) in [5.41, 5.74) is 17.0. The first-order valence-corrected chi connectivity index (χ1v) is 15.9. The Morgan fingerprint density at radius 2 is 1.70 bits per heavy atom. The molecule has 3 aromatic heterocycles. The number of benzene rings is 2. The largest absolute Gasteiger partial charge is 0.298 e. The van der Waals surface area contributed by atoms with Gasteiger partial charge in [-0.2, -0.15) is 0 Å². The Balaban J connectivity index is 1.27. The first-order valence-electron chi connectivity index (χ1n) is 15.9. The Morgan fingerprint density at radius 3 is 2.61 bits per heavy atom. The summed E-state index contributed by atoms with van der Waals surface area (Å²) in [7, 11) is 0. The van der Waals surface area contributed by atoms with E-state index in [4.69, 9.17) is 16.5 Å². The number of para-hydroxylation sites is 1. The summed E-state index contributed by atoms with van der Waals surface area (Å²) in [6.45, 7) is 6.88. The van der Waals surface area contributed by atoms with E-state index in [-0.39, 0.29) is 5.92 Å². The molecule has 0 radical (unpaired) electrons. The van der Waals surface area contributed by atoms with Crippen LogP contribution in [0.3, 0.4) is 0 Å². The number of aromatic nitrogens is 3. The SMILES string of the molecule is C=C(/C=C(\C=C(/C)c1ccccc1)c1nc2ccccc2c2nc3ccccn3c12)C1=CC=C2C=CC3=C4C(=CC=C1C24)CC=C3. The van der Waals surface area contributed by atoms with Crippen molar-refractivity contribution in [1.82, 2.24) is 14.4 Å². The van der Waals surface area contributed by atoms with Crippen molar-refractivity contribution in [3.05, 3.63) is 197 Å². The second-order valence-corrected chi connectivity index (χ2v) is 12.3. The van der Waals surface area contributed by atoms with Gasteiger partial charge in [0, 0.05) is 23.1 Å². The predicted molar refractivity (Wildman–Crippen MR) is 191 cm³/mol. The zero-order valence-electron chi connectivity index (χ0n) is 25.6. The number of nitrogens with zero attached hydrogens (tertiary/aromatic N) is 3. The van der Waals surface area contributed by atoms with Gasteiger partial charge in [-0.25, -0.2) is 9.97 Å². The molecule has 0 bridgehead atoms. The molecule has 0 saturated heterocycles. The molecule has 46 heavy (non-hydrogen) atoms. The van der Waals surface area contributed by atoms with Crippen LogP contribution in [0.1, 0.15) is 24.6 Å². The Kier molecular flexibility index (Phi) is 6.01. The third-order valence-corrected chi connectivity index (χ3v) is 9.59. The van der Waals surface area contributed by atoms with Gasteiger partial charge in [0.1, 0.15) is 11.2 Å². The van der Waals surface area contributed by atoms with Crippen molar-refractivity contribution in [3.63, 3.8) is 0 Å². The molecule has 3 nitrogen and oxygen atoms in total. The monoisotopic (exact) mass is 589 g/mol. The molecule has 4 aliphatic rings. The standard InChI is InChI=1S/C43H31N3/c1-27(29-11-4-3-5-12-29)25-33(41-43-42(36-15-6-7-16-37(36)44-41)45-38-17-8-9-24-46(38)43)26-28(2)34-22-20-32-19-18-30-13-10-14-31-21-23-35(34)40(32)39(30)31/h3-13,15-26,40H,2,14H2,1H3/b27-25+,33-26+. The van der Waals surface area contributed by atoms with E-state index in [1.165, 1.54) is 39.0 Å². The van der Waals surface area contributed by atoms with E-state index in [0.29, 0.717) is 0 Å². The van der Waals surface area contributed by atoms with Crippen LogP contribution in [0.15, 0.2) is 185 Å².